The van der Waals surface area contributed by atoms with Crippen LogP contribution in [0.25, 0.3) is 0 Å². The van der Waals surface area contributed by atoms with Gasteiger partial charge in [0.15, 0.2) is 5.89 Å². The van der Waals surface area contributed by atoms with E-state index in [0.717, 1.165) is 37.1 Å². The zero-order chi connectivity index (χ0) is 11.1. The fourth-order valence-electron chi connectivity index (χ4n) is 2.37. The van der Waals surface area contributed by atoms with Gasteiger partial charge < -0.3 is 4.42 Å². The third kappa shape index (κ3) is 1.48. The highest BCUT2D eigenvalue weighted by Crippen LogP contribution is 2.36. The van der Waals surface area contributed by atoms with Crippen LogP contribution in [0.3, 0.4) is 0 Å². The summed E-state index contributed by atoms with van der Waals surface area (Å²) in [6.45, 7) is 8.69. The van der Waals surface area contributed by atoms with Crippen molar-refractivity contribution in [1.29, 1.82) is 0 Å². The molecule has 1 aromatic heterocycles. The number of oxazole rings is 1. The van der Waals surface area contributed by atoms with E-state index in [1.165, 1.54) is 0 Å². The molecule has 2 aliphatic rings. The lowest BCUT2D eigenvalue weighted by molar-refractivity contribution is -0.164. The molecule has 2 aliphatic heterocycles. The monoisotopic (exact) mass is 221 g/mol. The molecule has 2 atom stereocenters. The molecule has 0 radical (unpaired) electrons. The number of aromatic nitrogens is 1. The molecular formula is C11H15N3O2. The molecule has 16 heavy (non-hydrogen) atoms. The van der Waals surface area contributed by atoms with Crippen LogP contribution in [0.4, 0.5) is 0 Å². The van der Waals surface area contributed by atoms with Gasteiger partial charge in [-0.15, -0.1) is 6.58 Å². The zero-order valence-electron chi connectivity index (χ0n) is 9.35. The molecule has 2 unspecified atom stereocenters. The second-order valence-electron chi connectivity index (χ2n) is 4.21. The highest BCUT2D eigenvalue weighted by atomic mass is 16.7. The number of fused-ring (bicyclic) bond motifs is 4. The SMILES string of the molecule is C=CCON1CN2Cc3oc(C)nc3C1C2. The molecule has 0 aliphatic carbocycles. The maximum Gasteiger partial charge on any atom is 0.191 e. The minimum absolute atomic E-state index is 0.209. The zero-order valence-corrected chi connectivity index (χ0v) is 9.35. The molecule has 86 valence electrons. The highest BCUT2D eigenvalue weighted by Gasteiger charge is 2.41. The summed E-state index contributed by atoms with van der Waals surface area (Å²) in [6, 6.07) is 0.209. The van der Waals surface area contributed by atoms with Crippen molar-refractivity contribution in [2.24, 2.45) is 0 Å². The predicted molar refractivity (Wildman–Crippen MR) is 57.2 cm³/mol. The number of aryl methyl sites for hydroxylation is 1. The Morgan fingerprint density at radius 1 is 1.69 bits per heavy atom. The number of nitrogens with zero attached hydrogens (tertiary/aromatic N) is 3. The molecule has 1 fully saturated rings. The van der Waals surface area contributed by atoms with Crippen LogP contribution in [0.5, 0.6) is 0 Å². The summed E-state index contributed by atoms with van der Waals surface area (Å²) in [5.74, 6) is 1.72. The van der Waals surface area contributed by atoms with Crippen LogP contribution in [0.2, 0.25) is 0 Å². The number of hydroxylamine groups is 2. The molecular weight excluding hydrogens is 206 g/mol. The molecule has 0 amide bonds. The van der Waals surface area contributed by atoms with Crippen molar-refractivity contribution < 1.29 is 9.25 Å². The van der Waals surface area contributed by atoms with Gasteiger partial charge in [0, 0.05) is 13.5 Å². The average Bonchev–Trinajstić information content (AvgIpc) is 2.78. The molecule has 1 aromatic rings. The lowest BCUT2D eigenvalue weighted by atomic mass is 10.1. The first-order valence-corrected chi connectivity index (χ1v) is 5.47. The van der Waals surface area contributed by atoms with Crippen molar-refractivity contribution in [3.05, 3.63) is 30.0 Å². The Morgan fingerprint density at radius 2 is 2.56 bits per heavy atom. The topological polar surface area (TPSA) is 41.7 Å². The van der Waals surface area contributed by atoms with Gasteiger partial charge in [-0.25, -0.2) is 4.98 Å². The van der Waals surface area contributed by atoms with E-state index >= 15 is 0 Å². The maximum absolute atomic E-state index is 5.62. The fourth-order valence-corrected chi connectivity index (χ4v) is 2.37. The van der Waals surface area contributed by atoms with Crippen molar-refractivity contribution >= 4 is 0 Å². The van der Waals surface area contributed by atoms with Crippen LogP contribution in [0, 0.1) is 6.92 Å². The van der Waals surface area contributed by atoms with Crippen molar-refractivity contribution in [1.82, 2.24) is 14.9 Å². The van der Waals surface area contributed by atoms with Gasteiger partial charge in [-0.1, -0.05) is 6.08 Å². The van der Waals surface area contributed by atoms with Gasteiger partial charge in [0.25, 0.3) is 0 Å². The molecule has 0 spiro atoms. The Hall–Kier alpha value is -1.17. The largest absolute Gasteiger partial charge is 0.444 e. The maximum atomic E-state index is 5.62. The lowest BCUT2D eigenvalue weighted by Gasteiger charge is -2.20. The van der Waals surface area contributed by atoms with E-state index in [-0.39, 0.29) is 6.04 Å². The second-order valence-corrected chi connectivity index (χ2v) is 4.21. The summed E-state index contributed by atoms with van der Waals surface area (Å²) in [7, 11) is 0. The average molecular weight is 221 g/mol. The third-order valence-electron chi connectivity index (χ3n) is 2.99. The van der Waals surface area contributed by atoms with E-state index in [1.54, 1.807) is 6.08 Å². The van der Waals surface area contributed by atoms with Gasteiger partial charge in [-0.05, 0) is 0 Å². The normalized spacial score (nSPS) is 28.1. The highest BCUT2D eigenvalue weighted by molar-refractivity contribution is 5.19. The summed E-state index contributed by atoms with van der Waals surface area (Å²) < 4.78 is 5.58. The van der Waals surface area contributed by atoms with Gasteiger partial charge in [0.05, 0.1) is 25.9 Å². The Kier molecular flexibility index (Phi) is 2.31. The predicted octanol–water partition coefficient (Wildman–Crippen LogP) is 1.23. The molecule has 3 rings (SSSR count). The minimum Gasteiger partial charge on any atom is -0.444 e. The summed E-state index contributed by atoms with van der Waals surface area (Å²) in [5.41, 5.74) is 1.04. The van der Waals surface area contributed by atoms with Crippen molar-refractivity contribution in [2.45, 2.75) is 19.5 Å². The molecule has 0 N–H and O–H groups in total. The van der Waals surface area contributed by atoms with E-state index in [1.807, 2.05) is 12.0 Å². The smallest absolute Gasteiger partial charge is 0.191 e. The number of hydrogen-bond donors (Lipinski definition) is 0. The van der Waals surface area contributed by atoms with E-state index in [9.17, 15) is 0 Å². The quantitative estimate of drug-likeness (QED) is 0.718. The Bertz CT molecular complexity index is 415. The Balaban J connectivity index is 1.86. The van der Waals surface area contributed by atoms with Crippen LogP contribution < -0.4 is 0 Å². The van der Waals surface area contributed by atoms with Crippen molar-refractivity contribution in [3.8, 4) is 0 Å². The standard InChI is InChI=1S/C11H15N3O2/c1-3-4-15-14-7-13-5-9(14)11-10(6-13)16-8(2)12-11/h3,9H,1,4-7H2,2H3. The summed E-state index contributed by atoms with van der Waals surface area (Å²) in [6.07, 6.45) is 1.76. The van der Waals surface area contributed by atoms with Crippen LogP contribution in [-0.4, -0.2) is 34.8 Å². The minimum atomic E-state index is 0.209. The van der Waals surface area contributed by atoms with Crippen LogP contribution in [-0.2, 0) is 11.4 Å². The molecule has 3 heterocycles. The van der Waals surface area contributed by atoms with E-state index in [2.05, 4.69) is 16.5 Å². The van der Waals surface area contributed by atoms with Gasteiger partial charge >= 0.3 is 0 Å². The number of rotatable bonds is 3. The molecule has 5 heteroatoms. The lowest BCUT2D eigenvalue weighted by Crippen LogP contribution is -2.25. The molecule has 5 nitrogen and oxygen atoms in total. The molecule has 0 saturated carbocycles. The van der Waals surface area contributed by atoms with Crippen molar-refractivity contribution in [3.63, 3.8) is 0 Å². The summed E-state index contributed by atoms with van der Waals surface area (Å²) in [4.78, 5) is 12.4. The number of hydrogen-bond acceptors (Lipinski definition) is 5. The van der Waals surface area contributed by atoms with Crippen molar-refractivity contribution in [2.75, 3.05) is 19.8 Å². The Labute approximate surface area is 94.3 Å². The van der Waals surface area contributed by atoms with Gasteiger partial charge in [0.2, 0.25) is 0 Å². The van der Waals surface area contributed by atoms with E-state index < -0.39 is 0 Å². The summed E-state index contributed by atoms with van der Waals surface area (Å²) >= 11 is 0. The van der Waals surface area contributed by atoms with Gasteiger partial charge in [-0.3, -0.25) is 9.74 Å². The molecule has 0 aromatic carbocycles. The van der Waals surface area contributed by atoms with Gasteiger partial charge in [0.1, 0.15) is 11.5 Å². The first-order chi connectivity index (χ1) is 7.78. The van der Waals surface area contributed by atoms with E-state index in [0.29, 0.717) is 6.61 Å². The Morgan fingerprint density at radius 3 is 3.38 bits per heavy atom. The van der Waals surface area contributed by atoms with Gasteiger partial charge in [-0.2, -0.15) is 5.06 Å². The second kappa shape index (κ2) is 3.69. The van der Waals surface area contributed by atoms with Crippen LogP contribution in [0.15, 0.2) is 17.1 Å². The molecule has 2 bridgehead atoms. The molecule has 1 saturated heterocycles. The van der Waals surface area contributed by atoms with E-state index in [4.69, 9.17) is 9.25 Å². The first kappa shape index (κ1) is 10.0. The summed E-state index contributed by atoms with van der Waals surface area (Å²) in [5, 5.41) is 1.97. The first-order valence-electron chi connectivity index (χ1n) is 5.47. The fraction of sp³-hybridized carbons (Fsp3) is 0.545. The third-order valence-corrected chi connectivity index (χ3v) is 2.99. The van der Waals surface area contributed by atoms with Crippen LogP contribution in [0.1, 0.15) is 23.4 Å². The van der Waals surface area contributed by atoms with Crippen LogP contribution >= 0.6 is 0 Å².